The fourth-order valence-corrected chi connectivity index (χ4v) is 76.0. The molecule has 0 N–H and O–H groups in total. The van der Waals surface area contributed by atoms with Crippen molar-refractivity contribution in [3.05, 3.63) is 0 Å². The molecule has 0 spiro atoms. The van der Waals surface area contributed by atoms with Crippen LogP contribution < -0.4 is 0 Å². The third kappa shape index (κ3) is 7.97. The minimum absolute atomic E-state index is 0.0470. The maximum absolute atomic E-state index is 8.28. The van der Waals surface area contributed by atoms with E-state index >= 15 is 0 Å². The molecular formula is H14BP11. The molecule has 0 amide bonds. The fraction of sp³-hybridized carbons (Fsp3) is 0. The molecule has 0 rings (SSSR count). The molecule has 0 radical (unpaired) electrons. The molecule has 0 nitrogen and oxygen atoms in total. The molecule has 0 saturated carbocycles. The van der Waals surface area contributed by atoms with Crippen LogP contribution in [0.1, 0.15) is 0 Å². The van der Waals surface area contributed by atoms with E-state index in [2.05, 4.69) is 52.2 Å². The van der Waals surface area contributed by atoms with Crippen molar-refractivity contribution in [3.63, 3.8) is 0 Å². The smallest absolute Gasteiger partial charge is 0.130 e. The lowest BCUT2D eigenvalue weighted by Crippen LogP contribution is -1.39. The lowest BCUT2D eigenvalue weighted by molar-refractivity contribution is 4.67. The van der Waals surface area contributed by atoms with Gasteiger partial charge in [-0.15, -0.1) is 52.8 Å². The topological polar surface area (TPSA) is 0 Å². The van der Waals surface area contributed by atoms with Crippen LogP contribution in [0.3, 0.4) is 0 Å². The predicted octanol–water partition coefficient (Wildman–Crippen LogP) is 5.34. The van der Waals surface area contributed by atoms with Crippen molar-refractivity contribution < 1.29 is 0 Å². The zero-order valence-corrected chi connectivity index (χ0v) is 17.9. The maximum atomic E-state index is 8.28. The summed E-state index contributed by atoms with van der Waals surface area (Å²) in [4.78, 5) is 0. The van der Waals surface area contributed by atoms with E-state index < -0.39 is 7.90 Å². The summed E-state index contributed by atoms with van der Waals surface area (Å²) in [5.74, 6) is 0. The van der Waals surface area contributed by atoms with Crippen LogP contribution in [-0.2, 0) is 0 Å². The maximum Gasteiger partial charge on any atom is 0.136 e. The Morgan fingerprint density at radius 3 is 1.75 bits per heavy atom. The Bertz CT molecular complexity index is 126. The van der Waals surface area contributed by atoms with Crippen molar-refractivity contribution in [2.24, 2.45) is 0 Å². The zero-order chi connectivity index (χ0) is 10.6. The van der Waals surface area contributed by atoms with Gasteiger partial charge in [0, 0.05) is 0 Å². The molecule has 0 aromatic carbocycles. The third-order valence-corrected chi connectivity index (χ3v) is 53.9. The summed E-state index contributed by atoms with van der Waals surface area (Å²) in [5.41, 5.74) is 0. The van der Waals surface area contributed by atoms with Crippen LogP contribution >= 0.6 is 88.6 Å². The highest BCUT2D eigenvalue weighted by Gasteiger charge is 2.19. The molecule has 0 aliphatic carbocycles. The van der Waals surface area contributed by atoms with Gasteiger partial charge in [-0.2, -0.15) is 0 Å². The van der Waals surface area contributed by atoms with E-state index in [1.807, 2.05) is 0 Å². The quantitative estimate of drug-likeness (QED) is 0.454. The van der Waals surface area contributed by atoms with Gasteiger partial charge in [-0.25, -0.2) is 0 Å². The van der Waals surface area contributed by atoms with Crippen molar-refractivity contribution in [2.75, 3.05) is 0 Å². The highest BCUT2D eigenvalue weighted by Crippen LogP contribution is 3.09. The largest absolute Gasteiger partial charge is 0.136 e. The van der Waals surface area contributed by atoms with Gasteiger partial charge in [0.15, 0.2) is 0 Å². The van der Waals surface area contributed by atoms with E-state index in [4.69, 9.17) is 1.28 Å². The Morgan fingerprint density at radius 2 is 1.50 bits per heavy atom. The Hall–Kier alpha value is 4.79. The summed E-state index contributed by atoms with van der Waals surface area (Å²) < 4.78 is 8.28. The van der Waals surface area contributed by atoms with E-state index in [1.54, 1.807) is 0 Å². The van der Waals surface area contributed by atoms with Gasteiger partial charge in [0.25, 0.3) is 0 Å². The number of rotatable bonds is 5. The predicted molar refractivity (Wildman–Crippen MR) is 101 cm³/mol. The third-order valence-electron chi connectivity index (χ3n) is 0.819. The van der Waals surface area contributed by atoms with Gasteiger partial charge in [0.2, 0.25) is 0 Å². The minimum atomic E-state index is -0.455. The summed E-state index contributed by atoms with van der Waals surface area (Å²) in [6.45, 7) is -0.211. The molecule has 12 heavy (non-hydrogen) atoms. The second-order valence-corrected chi connectivity index (χ2v) is 41.5. The molecule has 0 saturated heterocycles. The van der Waals surface area contributed by atoms with E-state index in [-0.39, 0.29) is 27.9 Å². The van der Waals surface area contributed by atoms with Crippen molar-refractivity contribution in [1.29, 1.82) is 1.28 Å². The second kappa shape index (κ2) is 9.79. The first kappa shape index (κ1) is 14.9. The first-order chi connectivity index (χ1) is 5.91. The average Bonchev–Trinajstić information content (AvgIpc) is 2.01. The van der Waals surface area contributed by atoms with Crippen LogP contribution in [0.4, 0.5) is 0 Å². The highest BCUT2D eigenvalue weighted by atomic mass is 33.2. The van der Waals surface area contributed by atoms with Crippen molar-refractivity contribution in [1.82, 2.24) is 0 Å². The summed E-state index contributed by atoms with van der Waals surface area (Å²) in [6.07, 6.45) is 0. The summed E-state index contributed by atoms with van der Waals surface area (Å²) in [5, 5.41) is 0. The van der Waals surface area contributed by atoms with E-state index in [0.717, 1.165) is 8.15 Å². The molecule has 0 aromatic heterocycles. The number of hydrogen-bond acceptors (Lipinski definition) is 0. The van der Waals surface area contributed by atoms with Gasteiger partial charge in [-0.3, -0.25) is 0 Å². The Labute approximate surface area is 97.2 Å². The molecular weight excluding hydrogens is 352 g/mol. The van der Waals surface area contributed by atoms with Crippen LogP contribution in [-0.4, -0.2) is 8.84 Å². The van der Waals surface area contributed by atoms with Gasteiger partial charge < -0.3 is 0 Å². The number of hydrogen-bond donors (Lipinski definition) is 0. The highest BCUT2D eigenvalue weighted by molar-refractivity contribution is 9.15. The van der Waals surface area contributed by atoms with Crippen LogP contribution in [0.15, 0.2) is 0 Å². The van der Waals surface area contributed by atoms with Gasteiger partial charge in [0.1, 0.15) is 7.57 Å². The van der Waals surface area contributed by atoms with Gasteiger partial charge in [0.05, 0.1) is 1.28 Å². The van der Waals surface area contributed by atoms with E-state index in [9.17, 15) is 0 Å². The molecule has 12 heteroatoms. The first-order valence-corrected chi connectivity index (χ1v) is 22.3. The van der Waals surface area contributed by atoms with Gasteiger partial charge in [-0.1, -0.05) is 7.90 Å². The van der Waals surface area contributed by atoms with Crippen LogP contribution in [0, 0.1) is 0 Å². The average molecular weight is 368 g/mol. The standard InChI is InChI=1S/BH14P11/c1-7-11(6)8-12(9(2)3)10(4)5/h7-8H,1-6H2/i8T. The zero-order valence-electron chi connectivity index (χ0n) is 7.62. The van der Waals surface area contributed by atoms with Crippen molar-refractivity contribution >= 4 is 96.2 Å². The summed E-state index contributed by atoms with van der Waals surface area (Å²) >= 11 is 0. The molecule has 72 valence electrons. The molecule has 0 aliphatic rings. The molecule has 0 aliphatic heterocycles. The minimum Gasteiger partial charge on any atom is -0.130 e. The molecule has 0 aromatic rings. The van der Waals surface area contributed by atoms with Crippen molar-refractivity contribution in [3.8, 4) is 0 Å². The Kier molecular flexibility index (Phi) is 12.1. The van der Waals surface area contributed by atoms with Crippen LogP contribution in [0.2, 0.25) is 0 Å². The summed E-state index contributed by atoms with van der Waals surface area (Å²) in [7, 11) is 17.4. The fourth-order valence-electron chi connectivity index (χ4n) is 0.343. The first-order valence-electron chi connectivity index (χ1n) is 3.26. The SMILES string of the molecule is [3H]P(P(P)PB)P(P(P)P)P(P)P. The van der Waals surface area contributed by atoms with Gasteiger partial charge in [-0.05, 0) is 27.9 Å². The Balaban J connectivity index is 4.36. The van der Waals surface area contributed by atoms with Crippen LogP contribution in [0.25, 0.3) is 0 Å². The lowest BCUT2D eigenvalue weighted by Gasteiger charge is -2.27. The van der Waals surface area contributed by atoms with Crippen LogP contribution in [0.5, 0.6) is 0 Å². The molecule has 8 atom stereocenters. The summed E-state index contributed by atoms with van der Waals surface area (Å²) in [6, 6.07) is 0. The van der Waals surface area contributed by atoms with E-state index in [1.165, 1.54) is 0 Å². The molecule has 0 bridgehead atoms. The lowest BCUT2D eigenvalue weighted by atomic mass is 10.8. The van der Waals surface area contributed by atoms with Gasteiger partial charge >= 0.3 is 0 Å². The van der Waals surface area contributed by atoms with Crippen molar-refractivity contribution in [2.45, 2.75) is 0 Å². The molecule has 0 heterocycles. The normalized spacial score (nSPS) is 19.5. The monoisotopic (exact) mass is 368 g/mol. The molecule has 8 unspecified atom stereocenters. The Morgan fingerprint density at radius 1 is 1.08 bits per heavy atom. The molecule has 0 fully saturated rings. The second-order valence-electron chi connectivity index (χ2n) is 1.69. The van der Waals surface area contributed by atoms with E-state index in [0.29, 0.717) is 0 Å².